The fraction of sp³-hybridized carbons (Fsp3) is 0.179. The number of benzene rings is 3. The number of carbonyl (C=O) groups excluding carboxylic acids is 3. The van der Waals surface area contributed by atoms with Crippen LogP contribution in [-0.2, 0) is 20.9 Å². The Kier molecular flexibility index (Phi) is 10.1. The van der Waals surface area contributed by atoms with Gasteiger partial charge in [0.1, 0.15) is 6.61 Å². The highest BCUT2D eigenvalue weighted by Gasteiger charge is 2.21. The van der Waals surface area contributed by atoms with E-state index in [0.717, 1.165) is 11.1 Å². The Morgan fingerprint density at radius 2 is 1.53 bits per heavy atom. The van der Waals surface area contributed by atoms with Gasteiger partial charge in [0.15, 0.2) is 0 Å². The number of ether oxygens (including phenoxy) is 2. The molecule has 0 bridgehead atoms. The molecule has 2 atom stereocenters. The minimum Gasteiger partial charge on any atom is -0.465 e. The molecule has 0 spiro atoms. The van der Waals surface area contributed by atoms with Gasteiger partial charge in [-0.1, -0.05) is 73.7 Å². The quantitative estimate of drug-likeness (QED) is 0.232. The lowest BCUT2D eigenvalue weighted by Crippen LogP contribution is -2.30. The molecular formula is C28H27IN2O5. The second kappa shape index (κ2) is 13.4. The van der Waals surface area contributed by atoms with Gasteiger partial charge in [-0.15, -0.1) is 0 Å². The topological polar surface area (TPSA) is 93.7 Å². The predicted molar refractivity (Wildman–Crippen MR) is 147 cm³/mol. The molecular weight excluding hydrogens is 571 g/mol. The number of esters is 1. The zero-order valence-corrected chi connectivity index (χ0v) is 22.1. The summed E-state index contributed by atoms with van der Waals surface area (Å²) in [6.07, 6.45) is 1.18. The molecule has 0 fully saturated rings. The maximum atomic E-state index is 12.7. The number of hydrogen-bond donors (Lipinski definition) is 2. The summed E-state index contributed by atoms with van der Waals surface area (Å²) >= 11 is 2.11. The van der Waals surface area contributed by atoms with Crippen LogP contribution in [0.5, 0.6) is 0 Å². The van der Waals surface area contributed by atoms with Crippen molar-refractivity contribution >= 4 is 46.2 Å². The molecule has 3 aromatic rings. The first-order chi connectivity index (χ1) is 17.4. The number of carbonyl (C=O) groups is 3. The van der Waals surface area contributed by atoms with Crippen molar-refractivity contribution in [3.63, 3.8) is 0 Å². The lowest BCUT2D eigenvalue weighted by molar-refractivity contribution is -0.118. The fourth-order valence-corrected chi connectivity index (χ4v) is 4.37. The number of amides is 2. The summed E-state index contributed by atoms with van der Waals surface area (Å²) in [6.45, 7) is 1.90. The van der Waals surface area contributed by atoms with Gasteiger partial charge in [0, 0.05) is 9.27 Å². The normalized spacial score (nSPS) is 12.7. The monoisotopic (exact) mass is 598 g/mol. The zero-order chi connectivity index (χ0) is 25.9. The van der Waals surface area contributed by atoms with Crippen LogP contribution in [0.3, 0.4) is 0 Å². The molecule has 0 aromatic heterocycles. The summed E-state index contributed by atoms with van der Waals surface area (Å²) in [5.74, 6) is -1.11. The number of halogens is 1. The number of nitrogens with one attached hydrogen (secondary N) is 2. The molecule has 0 aliphatic rings. The van der Waals surface area contributed by atoms with Crippen LogP contribution in [0.25, 0.3) is 0 Å². The van der Waals surface area contributed by atoms with Gasteiger partial charge in [-0.3, -0.25) is 4.79 Å². The van der Waals surface area contributed by atoms with Crippen LogP contribution >= 0.6 is 22.6 Å². The van der Waals surface area contributed by atoms with Gasteiger partial charge in [0.2, 0.25) is 5.91 Å². The van der Waals surface area contributed by atoms with Gasteiger partial charge >= 0.3 is 12.1 Å². The standard InChI is InChI=1S/C28H27IN2O5/c1-19(26(32)30-23-11-7-4-8-12-23)17-24(29)25(21-13-15-22(16-14-21)27(33)35-2)31-28(34)36-18-20-9-5-3-6-10-20/h3-17,19,25H,18H2,1-2H3,(H,30,32)(H,31,34)/b24-17-/t19-,25?/m1/s1. The summed E-state index contributed by atoms with van der Waals surface area (Å²) in [5, 5.41) is 5.76. The number of hydrogen-bond acceptors (Lipinski definition) is 5. The summed E-state index contributed by atoms with van der Waals surface area (Å²) in [5.41, 5.74) is 2.68. The summed E-state index contributed by atoms with van der Waals surface area (Å²) in [6, 6.07) is 24.7. The molecule has 36 heavy (non-hydrogen) atoms. The molecule has 7 nitrogen and oxygen atoms in total. The average molecular weight is 598 g/mol. The third-order valence-corrected chi connectivity index (χ3v) is 6.26. The first-order valence-electron chi connectivity index (χ1n) is 11.3. The number of methoxy groups -OCH3 is 1. The second-order valence-electron chi connectivity index (χ2n) is 7.95. The largest absolute Gasteiger partial charge is 0.465 e. The predicted octanol–water partition coefficient (Wildman–Crippen LogP) is 6.03. The zero-order valence-electron chi connectivity index (χ0n) is 19.9. The van der Waals surface area contributed by atoms with Crippen molar-refractivity contribution in [2.24, 2.45) is 5.92 Å². The lowest BCUT2D eigenvalue weighted by atomic mass is 10.0. The first kappa shape index (κ1) is 26.9. The number of rotatable bonds is 9. The summed E-state index contributed by atoms with van der Waals surface area (Å²) < 4.78 is 10.9. The Morgan fingerprint density at radius 1 is 0.917 bits per heavy atom. The summed E-state index contributed by atoms with van der Waals surface area (Å²) in [7, 11) is 1.32. The van der Waals surface area contributed by atoms with E-state index in [1.165, 1.54) is 7.11 Å². The van der Waals surface area contributed by atoms with Gasteiger partial charge in [-0.05, 0) is 58.0 Å². The molecule has 0 saturated carbocycles. The van der Waals surface area contributed by atoms with E-state index in [0.29, 0.717) is 14.8 Å². The molecule has 2 amide bonds. The maximum absolute atomic E-state index is 12.7. The SMILES string of the molecule is COC(=O)c1ccc(C(NC(=O)OCc2ccccc2)/C(I)=C/[C@@H](C)C(=O)Nc2ccccc2)cc1. The number of anilines is 1. The Balaban J connectivity index is 1.78. The van der Waals surface area contributed by atoms with Crippen molar-refractivity contribution in [2.45, 2.75) is 19.6 Å². The molecule has 0 aliphatic carbocycles. The molecule has 0 radical (unpaired) electrons. The Bertz CT molecular complexity index is 1200. The first-order valence-corrected chi connectivity index (χ1v) is 12.3. The molecule has 186 valence electrons. The minimum atomic E-state index is -0.607. The maximum Gasteiger partial charge on any atom is 0.408 e. The van der Waals surface area contributed by atoms with Crippen LogP contribution in [0, 0.1) is 5.92 Å². The van der Waals surface area contributed by atoms with Gasteiger partial charge in [0.05, 0.1) is 24.6 Å². The van der Waals surface area contributed by atoms with Crippen LogP contribution in [0.4, 0.5) is 10.5 Å². The fourth-order valence-electron chi connectivity index (χ4n) is 3.31. The molecule has 2 N–H and O–H groups in total. The van der Waals surface area contributed by atoms with Crippen LogP contribution in [0.1, 0.15) is 34.5 Å². The van der Waals surface area contributed by atoms with Crippen LogP contribution in [0.15, 0.2) is 94.6 Å². The Labute approximate surface area is 224 Å². The van der Waals surface area contributed by atoms with Crippen molar-refractivity contribution in [2.75, 3.05) is 12.4 Å². The molecule has 1 unspecified atom stereocenters. The highest BCUT2D eigenvalue weighted by Crippen LogP contribution is 2.29. The minimum absolute atomic E-state index is 0.122. The summed E-state index contributed by atoms with van der Waals surface area (Å²) in [4.78, 5) is 37.2. The van der Waals surface area contributed by atoms with E-state index in [1.807, 2.05) is 60.7 Å². The Hall–Kier alpha value is -3.66. The number of para-hydroxylation sites is 1. The van der Waals surface area contributed by atoms with Crippen LogP contribution < -0.4 is 10.6 Å². The van der Waals surface area contributed by atoms with Crippen molar-refractivity contribution in [3.8, 4) is 0 Å². The highest BCUT2D eigenvalue weighted by atomic mass is 127. The van der Waals surface area contributed by atoms with E-state index in [9.17, 15) is 14.4 Å². The molecule has 3 aromatic carbocycles. The van der Waals surface area contributed by atoms with Gasteiger partial charge in [-0.2, -0.15) is 0 Å². The molecule has 0 heterocycles. The van der Waals surface area contributed by atoms with Crippen molar-refractivity contribution in [1.82, 2.24) is 5.32 Å². The van der Waals surface area contributed by atoms with E-state index in [1.54, 1.807) is 37.3 Å². The third-order valence-electron chi connectivity index (χ3n) is 5.28. The van der Waals surface area contributed by atoms with Gasteiger partial charge in [0.25, 0.3) is 0 Å². The van der Waals surface area contributed by atoms with Crippen molar-refractivity contribution in [3.05, 3.63) is 111 Å². The molecule has 8 heteroatoms. The highest BCUT2D eigenvalue weighted by molar-refractivity contribution is 14.1. The van der Waals surface area contributed by atoms with E-state index >= 15 is 0 Å². The molecule has 0 saturated heterocycles. The van der Waals surface area contributed by atoms with Gasteiger partial charge in [-0.25, -0.2) is 9.59 Å². The van der Waals surface area contributed by atoms with Gasteiger partial charge < -0.3 is 20.1 Å². The van der Waals surface area contributed by atoms with Crippen LogP contribution in [0.2, 0.25) is 0 Å². The third kappa shape index (κ3) is 7.94. The molecule has 0 aliphatic heterocycles. The van der Waals surface area contributed by atoms with E-state index in [4.69, 9.17) is 9.47 Å². The van der Waals surface area contributed by atoms with E-state index < -0.39 is 24.0 Å². The van der Waals surface area contributed by atoms with E-state index in [2.05, 4.69) is 33.2 Å². The molecule has 3 rings (SSSR count). The van der Waals surface area contributed by atoms with E-state index in [-0.39, 0.29) is 12.5 Å². The van der Waals surface area contributed by atoms with Crippen molar-refractivity contribution < 1.29 is 23.9 Å². The van der Waals surface area contributed by atoms with Crippen LogP contribution in [-0.4, -0.2) is 25.1 Å². The lowest BCUT2D eigenvalue weighted by Gasteiger charge is -2.20. The Morgan fingerprint density at radius 3 is 2.14 bits per heavy atom. The average Bonchev–Trinajstić information content (AvgIpc) is 2.91. The second-order valence-corrected chi connectivity index (χ2v) is 9.19. The van der Waals surface area contributed by atoms with Crippen molar-refractivity contribution in [1.29, 1.82) is 0 Å². The number of alkyl carbamates (subject to hydrolysis) is 1. The smallest absolute Gasteiger partial charge is 0.408 e.